The molecule has 274 valence electrons. The third-order valence-electron chi connectivity index (χ3n) is 9.15. The minimum atomic E-state index is -1.52. The van der Waals surface area contributed by atoms with Crippen LogP contribution in [0.4, 0.5) is 26.4 Å². The summed E-state index contributed by atoms with van der Waals surface area (Å²) >= 11 is 0. The number of hydrogen-bond acceptors (Lipinski definition) is 11. The first-order valence-electron chi connectivity index (χ1n) is 17.1. The molecule has 0 radical (unpaired) electrons. The SMILES string of the molecule is CC(C)(C)OC(=O)N1Cc2c(-c3cnc4cc(F)ccn34)ccc(Nc3ccc(N4CCOC(C)(C(O)C(=O)OCc5ccccc5)C4)cn3)c2C1=O. The number of nitrogens with one attached hydrogen (secondary N) is 1. The summed E-state index contributed by atoms with van der Waals surface area (Å²) in [6, 6.07) is 19.0. The number of imide groups is 1. The molecule has 7 rings (SSSR count). The number of aliphatic hydroxyl groups is 1. The maximum absolute atomic E-state index is 14.0. The van der Waals surface area contributed by atoms with Crippen LogP contribution in [0.2, 0.25) is 0 Å². The molecule has 2 aromatic carbocycles. The van der Waals surface area contributed by atoms with Crippen LogP contribution in [0.5, 0.6) is 0 Å². The molecule has 2 amide bonds. The fourth-order valence-electron chi connectivity index (χ4n) is 6.51. The van der Waals surface area contributed by atoms with Gasteiger partial charge in [0.2, 0.25) is 0 Å². The second kappa shape index (κ2) is 13.9. The number of nitrogens with zero attached hydrogens (tertiary/aromatic N) is 5. The quantitative estimate of drug-likeness (QED) is 0.185. The van der Waals surface area contributed by atoms with Crippen molar-refractivity contribution in [2.75, 3.05) is 29.9 Å². The zero-order chi connectivity index (χ0) is 37.5. The monoisotopic (exact) mass is 722 g/mol. The van der Waals surface area contributed by atoms with Crippen LogP contribution < -0.4 is 10.2 Å². The van der Waals surface area contributed by atoms with Gasteiger partial charge in [0.05, 0.1) is 54.7 Å². The highest BCUT2D eigenvalue weighted by atomic mass is 19.1. The number of carbonyl (C=O) groups is 3. The van der Waals surface area contributed by atoms with Gasteiger partial charge in [0.25, 0.3) is 5.91 Å². The fraction of sp³-hybridized carbons (Fsp3) is 0.308. The molecule has 1 saturated heterocycles. The van der Waals surface area contributed by atoms with E-state index in [0.29, 0.717) is 40.5 Å². The molecule has 5 aromatic rings. The number of aromatic nitrogens is 3. The van der Waals surface area contributed by atoms with E-state index in [9.17, 15) is 23.9 Å². The van der Waals surface area contributed by atoms with Crippen LogP contribution in [0.3, 0.4) is 0 Å². The lowest BCUT2D eigenvalue weighted by atomic mass is 9.96. The van der Waals surface area contributed by atoms with E-state index in [1.54, 1.807) is 62.8 Å². The zero-order valence-corrected chi connectivity index (χ0v) is 29.7. The summed E-state index contributed by atoms with van der Waals surface area (Å²) < 4.78 is 32.5. The van der Waals surface area contributed by atoms with E-state index < -0.39 is 41.1 Å². The van der Waals surface area contributed by atoms with E-state index in [2.05, 4.69) is 15.3 Å². The molecule has 2 aliphatic heterocycles. The summed E-state index contributed by atoms with van der Waals surface area (Å²) in [6.07, 6.45) is 2.52. The van der Waals surface area contributed by atoms with Crippen molar-refractivity contribution in [3.63, 3.8) is 0 Å². The average Bonchev–Trinajstić information content (AvgIpc) is 3.71. The van der Waals surface area contributed by atoms with Crippen LogP contribution in [-0.2, 0) is 32.2 Å². The molecule has 2 N–H and O–H groups in total. The van der Waals surface area contributed by atoms with E-state index in [-0.39, 0.29) is 31.9 Å². The number of benzene rings is 2. The third kappa shape index (κ3) is 7.28. The molecule has 3 aromatic heterocycles. The van der Waals surface area contributed by atoms with Crippen molar-refractivity contribution in [2.45, 2.75) is 58.2 Å². The van der Waals surface area contributed by atoms with Crippen LogP contribution in [0.15, 0.2) is 85.3 Å². The second-order valence-corrected chi connectivity index (χ2v) is 14.2. The lowest BCUT2D eigenvalue weighted by molar-refractivity contribution is -0.177. The first-order chi connectivity index (χ1) is 25.3. The summed E-state index contributed by atoms with van der Waals surface area (Å²) in [5.41, 5.74) is 2.41. The number of morpholine rings is 1. The van der Waals surface area contributed by atoms with Crippen molar-refractivity contribution in [2.24, 2.45) is 0 Å². The van der Waals surface area contributed by atoms with Gasteiger partial charge in [-0.15, -0.1) is 0 Å². The first-order valence-corrected chi connectivity index (χ1v) is 17.1. The van der Waals surface area contributed by atoms with E-state index >= 15 is 0 Å². The van der Waals surface area contributed by atoms with Crippen LogP contribution in [0.25, 0.3) is 16.9 Å². The van der Waals surface area contributed by atoms with Gasteiger partial charge in [-0.2, -0.15) is 0 Å². The van der Waals surface area contributed by atoms with Crippen LogP contribution in [-0.4, -0.2) is 79.3 Å². The second-order valence-electron chi connectivity index (χ2n) is 14.2. The number of carbonyl (C=O) groups excluding carboxylic acids is 3. The third-order valence-corrected chi connectivity index (χ3v) is 9.15. The lowest BCUT2D eigenvalue weighted by Gasteiger charge is -2.43. The Bertz CT molecular complexity index is 2190. The van der Waals surface area contributed by atoms with Gasteiger partial charge in [-0.05, 0) is 63.1 Å². The number of anilines is 3. The molecule has 14 heteroatoms. The van der Waals surface area contributed by atoms with Gasteiger partial charge in [-0.25, -0.2) is 28.8 Å². The van der Waals surface area contributed by atoms with E-state index in [1.807, 2.05) is 47.4 Å². The minimum absolute atomic E-state index is 0.0350. The Balaban J connectivity index is 1.11. The van der Waals surface area contributed by atoms with Gasteiger partial charge in [-0.1, -0.05) is 36.4 Å². The number of rotatable bonds is 8. The summed E-state index contributed by atoms with van der Waals surface area (Å²) in [4.78, 5) is 51.9. The van der Waals surface area contributed by atoms with Crippen molar-refractivity contribution >= 4 is 40.8 Å². The van der Waals surface area contributed by atoms with Gasteiger partial charge in [0.15, 0.2) is 6.10 Å². The molecule has 0 bridgehead atoms. The van der Waals surface area contributed by atoms with Gasteiger partial charge in [-0.3, -0.25) is 9.20 Å². The maximum Gasteiger partial charge on any atom is 0.417 e. The van der Waals surface area contributed by atoms with Crippen molar-refractivity contribution < 1.29 is 38.1 Å². The lowest BCUT2D eigenvalue weighted by Crippen LogP contribution is -2.59. The van der Waals surface area contributed by atoms with Crippen LogP contribution in [0.1, 0.15) is 49.2 Å². The normalized spacial score (nSPS) is 17.8. The maximum atomic E-state index is 14.0. The fourth-order valence-corrected chi connectivity index (χ4v) is 6.51. The summed E-state index contributed by atoms with van der Waals surface area (Å²) in [7, 11) is 0. The van der Waals surface area contributed by atoms with Gasteiger partial charge < -0.3 is 29.5 Å². The Morgan fingerprint density at radius 3 is 2.60 bits per heavy atom. The molecule has 0 aliphatic carbocycles. The predicted octanol–water partition coefficient (Wildman–Crippen LogP) is 5.87. The van der Waals surface area contributed by atoms with Gasteiger partial charge >= 0.3 is 12.1 Å². The predicted molar refractivity (Wildman–Crippen MR) is 193 cm³/mol. The topological polar surface area (TPSA) is 148 Å². The molecule has 53 heavy (non-hydrogen) atoms. The number of amides is 2. The van der Waals surface area contributed by atoms with Gasteiger partial charge in [0.1, 0.15) is 35.1 Å². The van der Waals surface area contributed by atoms with E-state index in [4.69, 9.17) is 14.2 Å². The highest BCUT2D eigenvalue weighted by Crippen LogP contribution is 2.39. The zero-order valence-electron chi connectivity index (χ0n) is 29.7. The smallest absolute Gasteiger partial charge is 0.417 e. The molecule has 0 saturated carbocycles. The van der Waals surface area contributed by atoms with E-state index in [1.165, 1.54) is 12.1 Å². The van der Waals surface area contributed by atoms with Crippen LogP contribution >= 0.6 is 0 Å². The first kappa shape index (κ1) is 35.5. The van der Waals surface area contributed by atoms with Gasteiger partial charge in [0, 0.05) is 24.4 Å². The molecule has 2 aliphatic rings. The summed E-state index contributed by atoms with van der Waals surface area (Å²) in [6.45, 7) is 7.79. The Morgan fingerprint density at radius 2 is 1.87 bits per heavy atom. The molecule has 0 spiro atoms. The number of imidazole rings is 1. The Kier molecular flexibility index (Phi) is 9.34. The molecule has 13 nitrogen and oxygen atoms in total. The van der Waals surface area contributed by atoms with Crippen molar-refractivity contribution in [3.05, 3.63) is 108 Å². The number of esters is 1. The van der Waals surface area contributed by atoms with Crippen LogP contribution in [0, 0.1) is 5.82 Å². The molecule has 2 atom stereocenters. The number of fused-ring (bicyclic) bond motifs is 2. The number of hydrogen-bond donors (Lipinski definition) is 2. The number of pyridine rings is 2. The standard InChI is InChI=1S/C39H39FN6O7/c1-38(2,3)53-37(50)46-21-28-27(30-20-42-32-18-25(40)14-15-45(30)32)11-12-29(33(28)35(46)48)43-31-13-10-26(19-41-31)44-16-17-52-39(4,23-44)34(47)36(49)51-22-24-8-6-5-7-9-24/h5-15,18-20,34,47H,16-17,21-23H2,1-4H3,(H,41,43). The number of aliphatic hydroxyl groups excluding tert-OH is 1. The molecule has 2 unspecified atom stereocenters. The Hall–Kier alpha value is -5.86. The average molecular weight is 723 g/mol. The molecule has 1 fully saturated rings. The minimum Gasteiger partial charge on any atom is -0.459 e. The highest BCUT2D eigenvalue weighted by Gasteiger charge is 2.44. The van der Waals surface area contributed by atoms with E-state index in [0.717, 1.165) is 16.2 Å². The number of halogens is 1. The number of ether oxygens (including phenoxy) is 3. The molecule has 5 heterocycles. The Morgan fingerprint density at radius 1 is 1.08 bits per heavy atom. The molecular weight excluding hydrogens is 683 g/mol. The van der Waals surface area contributed by atoms with Crippen molar-refractivity contribution in [1.82, 2.24) is 19.3 Å². The van der Waals surface area contributed by atoms with Crippen molar-refractivity contribution in [1.29, 1.82) is 0 Å². The Labute approximate surface area is 304 Å². The largest absolute Gasteiger partial charge is 0.459 e. The van der Waals surface area contributed by atoms with Crippen molar-refractivity contribution in [3.8, 4) is 11.3 Å². The highest BCUT2D eigenvalue weighted by molar-refractivity contribution is 6.11. The molecular formula is C39H39FN6O7. The summed E-state index contributed by atoms with van der Waals surface area (Å²) in [5, 5.41) is 14.2. The summed E-state index contributed by atoms with van der Waals surface area (Å²) in [5.74, 6) is -1.31.